The van der Waals surface area contributed by atoms with Gasteiger partial charge in [0.05, 0.1) is 0 Å². The Labute approximate surface area is 344 Å². The van der Waals surface area contributed by atoms with E-state index in [1.165, 1.54) is 62.3 Å². The van der Waals surface area contributed by atoms with Crippen LogP contribution in [0.5, 0.6) is 0 Å². The van der Waals surface area contributed by atoms with Crippen molar-refractivity contribution in [3.05, 3.63) is 35.5 Å². The zero-order valence-electron chi connectivity index (χ0n) is 30.6. The molecule has 0 amide bonds. The van der Waals surface area contributed by atoms with Crippen LogP contribution in [0.2, 0.25) is 0 Å². The van der Waals surface area contributed by atoms with E-state index in [2.05, 4.69) is 0 Å². The first-order chi connectivity index (χ1) is 24.1. The van der Waals surface area contributed by atoms with Crippen molar-refractivity contribution in [1.29, 1.82) is 0 Å². The molecule has 0 aliphatic heterocycles. The van der Waals surface area contributed by atoms with E-state index in [9.17, 15) is 107 Å². The summed E-state index contributed by atoms with van der Waals surface area (Å²) in [4.78, 5) is 32.5. The number of rotatable bonds is 9. The van der Waals surface area contributed by atoms with Crippen LogP contribution in [-0.4, -0.2) is 86.7 Å². The maximum absolute atomic E-state index is 12.9. The van der Waals surface area contributed by atoms with Crippen LogP contribution >= 0.6 is 0 Å². The molecule has 0 saturated carbocycles. The average molecular weight is 1050 g/mol. The zero-order chi connectivity index (χ0) is 47.6. The molecule has 0 aliphatic rings. The molecule has 346 valence electrons. The van der Waals surface area contributed by atoms with Gasteiger partial charge < -0.3 is 15.3 Å². The molecular weight excluding hydrogens is 1020 g/mol. The molecule has 0 heterocycles. The second-order valence-electron chi connectivity index (χ2n) is 14.4. The van der Waals surface area contributed by atoms with Crippen molar-refractivity contribution in [1.82, 2.24) is 0 Å². The number of aliphatic hydroxyl groups is 3. The van der Waals surface area contributed by atoms with Crippen LogP contribution in [0.15, 0.2) is 35.5 Å². The first-order valence-electron chi connectivity index (χ1n) is 14.5. The van der Waals surface area contributed by atoms with Crippen molar-refractivity contribution in [2.75, 3.05) is 0 Å². The average Bonchev–Trinajstić information content (AvgIpc) is 2.93. The van der Waals surface area contributed by atoms with E-state index >= 15 is 0 Å². The molecule has 0 rings (SSSR count). The van der Waals surface area contributed by atoms with Gasteiger partial charge in [0.2, 0.25) is 17.3 Å². The Balaban J connectivity index is -0.000000374. The summed E-state index contributed by atoms with van der Waals surface area (Å²) in [5.74, 6) is -49.1. The first-order valence-corrected chi connectivity index (χ1v) is 14.5. The number of aliphatic hydroxyl groups excluding tert-OH is 3. The van der Waals surface area contributed by atoms with Crippen molar-refractivity contribution in [2.24, 2.45) is 16.2 Å². The Bertz CT molecular complexity index is 1350. The summed E-state index contributed by atoms with van der Waals surface area (Å²) in [5, 5.41) is 27.5. The van der Waals surface area contributed by atoms with E-state index in [0.29, 0.717) is 0 Å². The van der Waals surface area contributed by atoms with Crippen LogP contribution in [0.1, 0.15) is 62.3 Å². The molecule has 0 aromatic rings. The number of ketones is 3. The normalized spacial score (nSPS) is 15.3. The molecule has 0 bridgehead atoms. The Morgan fingerprint density at radius 3 is 0.534 bits per heavy atom. The molecule has 0 aromatic heterocycles. The molecule has 0 aromatic carbocycles. The van der Waals surface area contributed by atoms with Gasteiger partial charge in [-0.15, -0.1) is 0 Å². The number of carbonyl (C=O) groups excluding carboxylic acids is 3. The van der Waals surface area contributed by atoms with Gasteiger partial charge in [-0.3, -0.25) is 14.4 Å². The van der Waals surface area contributed by atoms with E-state index < -0.39 is 105 Å². The Hall–Kier alpha value is -2.57. The zero-order valence-corrected chi connectivity index (χ0v) is 32.6. The fourth-order valence-electron chi connectivity index (χ4n) is 2.29. The Morgan fingerprint density at radius 1 is 0.328 bits per heavy atom. The Morgan fingerprint density at radius 2 is 0.448 bits per heavy atom. The van der Waals surface area contributed by atoms with Crippen molar-refractivity contribution >= 4 is 17.3 Å². The molecule has 0 unspecified atom stereocenters. The standard InChI is InChI=1S/3C10H11F7O2.Dy/c3*1-7(2,3)5(18)4-6(19)8(11,12)9(13,14)10(15,16)17;/h3*4,18H,1-3H3;. The first kappa shape index (κ1) is 62.1. The number of carbonyl (C=O) groups is 3. The largest absolute Gasteiger partial charge is 0.512 e. The Kier molecular flexibility index (Phi) is 20.3. The van der Waals surface area contributed by atoms with Gasteiger partial charge in [0.15, 0.2) is 0 Å². The number of hydrogen-bond acceptors (Lipinski definition) is 6. The van der Waals surface area contributed by atoms with Crippen molar-refractivity contribution in [3.63, 3.8) is 0 Å². The predicted octanol–water partition coefficient (Wildman–Crippen LogP) is 11.6. The van der Waals surface area contributed by atoms with Gasteiger partial charge in [0.1, 0.15) is 17.3 Å². The van der Waals surface area contributed by atoms with Crippen molar-refractivity contribution in [3.8, 4) is 0 Å². The summed E-state index contributed by atoms with van der Waals surface area (Å²) in [6, 6.07) is 0. The smallest absolute Gasteiger partial charge is 0.460 e. The van der Waals surface area contributed by atoms with E-state index in [4.69, 9.17) is 15.3 Å². The second kappa shape index (κ2) is 19.0. The summed E-state index contributed by atoms with van der Waals surface area (Å²) in [6.45, 7) is 11.2. The van der Waals surface area contributed by atoms with Gasteiger partial charge in [0.25, 0.3) is 0 Å². The quantitative estimate of drug-likeness (QED) is 0.120. The van der Waals surface area contributed by atoms with Gasteiger partial charge in [-0.05, 0) is 0 Å². The molecule has 3 N–H and O–H groups in total. The fourth-order valence-corrected chi connectivity index (χ4v) is 2.29. The van der Waals surface area contributed by atoms with Gasteiger partial charge in [-0.1, -0.05) is 62.3 Å². The monoisotopic (exact) mass is 1050 g/mol. The fraction of sp³-hybridized carbons (Fsp3) is 0.700. The van der Waals surface area contributed by atoms with Crippen LogP contribution in [0.3, 0.4) is 0 Å². The molecule has 58 heavy (non-hydrogen) atoms. The van der Waals surface area contributed by atoms with E-state index in [-0.39, 0.29) is 56.4 Å². The second-order valence-corrected chi connectivity index (χ2v) is 14.4. The number of alkyl halides is 21. The molecule has 0 aliphatic carbocycles. The minimum atomic E-state index is -6.59. The van der Waals surface area contributed by atoms with Crippen LogP contribution in [-0.2, 0) is 14.4 Å². The SMILES string of the molecule is CC(C)(C)C(O)=CC(=O)C(F)(F)C(F)(F)C(F)(F)F.CC(C)(C)C(O)=CC(=O)C(F)(F)C(F)(F)C(F)(F)F.CC(C)(C)C(O)=CC(=O)C(F)(F)C(F)(F)C(F)(F)F.[Dy]. The van der Waals surface area contributed by atoms with E-state index in [1.807, 2.05) is 0 Å². The van der Waals surface area contributed by atoms with Crippen molar-refractivity contribution < 1.29 is 160 Å². The summed E-state index contributed by atoms with van der Waals surface area (Å²) in [7, 11) is 0. The van der Waals surface area contributed by atoms with Gasteiger partial charge in [-0.2, -0.15) is 92.2 Å². The van der Waals surface area contributed by atoms with Crippen molar-refractivity contribution in [2.45, 2.75) is 116 Å². The molecule has 6 nitrogen and oxygen atoms in total. The molecular formula is C30H33DyF21O6. The predicted molar refractivity (Wildman–Crippen MR) is 153 cm³/mol. The topological polar surface area (TPSA) is 112 Å². The maximum Gasteiger partial charge on any atom is 0.460 e. The molecule has 0 spiro atoms. The van der Waals surface area contributed by atoms with Crippen LogP contribution in [0.25, 0.3) is 0 Å². The third-order valence-corrected chi connectivity index (χ3v) is 6.29. The minimum absolute atomic E-state index is 0. The third kappa shape index (κ3) is 14.9. The number of halogens is 21. The molecule has 0 atom stereocenters. The van der Waals surface area contributed by atoms with E-state index in [0.717, 1.165) is 0 Å². The maximum atomic E-state index is 12.9. The molecule has 0 fully saturated rings. The van der Waals surface area contributed by atoms with E-state index in [1.54, 1.807) is 0 Å². The third-order valence-electron chi connectivity index (χ3n) is 6.29. The minimum Gasteiger partial charge on any atom is -0.512 e. The summed E-state index contributed by atoms with van der Waals surface area (Å²) in [6.07, 6.45) is -20.7. The van der Waals surface area contributed by atoms with Gasteiger partial charge in [-0.25, -0.2) is 0 Å². The van der Waals surface area contributed by atoms with Gasteiger partial charge in [0, 0.05) is 72.6 Å². The summed E-state index contributed by atoms with van der Waals surface area (Å²) in [5.41, 5.74) is -3.75. The number of hydrogen-bond donors (Lipinski definition) is 3. The number of allylic oxidation sites excluding steroid dienone is 6. The molecule has 0 saturated heterocycles. The molecule has 0 radical (unpaired) electrons. The van der Waals surface area contributed by atoms with Crippen LogP contribution < -0.4 is 0 Å². The summed E-state index contributed by atoms with van der Waals surface area (Å²) < 4.78 is 258. The van der Waals surface area contributed by atoms with Crippen LogP contribution in [0.4, 0.5) is 92.2 Å². The van der Waals surface area contributed by atoms with Crippen LogP contribution in [0, 0.1) is 54.4 Å². The molecule has 28 heteroatoms. The van der Waals surface area contributed by atoms with Gasteiger partial charge >= 0.3 is 54.1 Å². The summed E-state index contributed by atoms with van der Waals surface area (Å²) >= 11 is 0.